The number of benzene rings is 1. The zero-order valence-electron chi connectivity index (χ0n) is 19.1. The third-order valence-corrected chi connectivity index (χ3v) is 9.00. The van der Waals surface area contributed by atoms with Gasteiger partial charge in [-0.05, 0) is 86.8 Å². The Balaban J connectivity index is 1.22. The number of carbonyl (C=O) groups is 1. The summed E-state index contributed by atoms with van der Waals surface area (Å²) in [5.41, 5.74) is 2.99. The summed E-state index contributed by atoms with van der Waals surface area (Å²) in [6.45, 7) is 9.31. The van der Waals surface area contributed by atoms with E-state index in [1.807, 2.05) is 0 Å². The Morgan fingerprint density at radius 1 is 1.00 bits per heavy atom. The van der Waals surface area contributed by atoms with Crippen LogP contribution in [0.3, 0.4) is 0 Å². The number of amides is 1. The van der Waals surface area contributed by atoms with E-state index in [0.29, 0.717) is 29.6 Å². The monoisotopic (exact) mass is 408 g/mol. The molecule has 2 aliphatic heterocycles. The Morgan fingerprint density at radius 3 is 2.47 bits per heavy atom. The van der Waals surface area contributed by atoms with Crippen molar-refractivity contribution in [1.82, 2.24) is 9.80 Å². The summed E-state index contributed by atoms with van der Waals surface area (Å²) in [5, 5.41) is 0. The molecule has 5 unspecified atom stereocenters. The van der Waals surface area contributed by atoms with Crippen molar-refractivity contribution in [3.63, 3.8) is 0 Å². The summed E-state index contributed by atoms with van der Waals surface area (Å²) in [5.74, 6) is 3.55. The highest BCUT2D eigenvalue weighted by atomic mass is 16.2. The molecule has 1 aromatic carbocycles. The van der Waals surface area contributed by atoms with Gasteiger partial charge in [-0.2, -0.15) is 0 Å². The zero-order chi connectivity index (χ0) is 20.7. The predicted molar refractivity (Wildman–Crippen MR) is 122 cm³/mol. The Hall–Kier alpha value is -1.35. The number of hydrogen-bond acceptors (Lipinski definition) is 2. The molecule has 2 saturated heterocycles. The lowest BCUT2D eigenvalue weighted by atomic mass is 9.83. The quantitative estimate of drug-likeness (QED) is 0.676. The molecule has 2 heterocycles. The molecule has 2 saturated carbocycles. The molecule has 0 radical (unpaired) electrons. The molecule has 30 heavy (non-hydrogen) atoms. The Morgan fingerprint density at radius 2 is 1.77 bits per heavy atom. The molecule has 0 aromatic heterocycles. The molecule has 1 aromatic rings. The molecular formula is C27H40N2O. The van der Waals surface area contributed by atoms with Crippen molar-refractivity contribution < 1.29 is 4.79 Å². The first-order chi connectivity index (χ1) is 14.6. The van der Waals surface area contributed by atoms with Crippen molar-refractivity contribution in [2.24, 2.45) is 23.7 Å². The average molecular weight is 409 g/mol. The van der Waals surface area contributed by atoms with Gasteiger partial charge in [0.05, 0.1) is 0 Å². The van der Waals surface area contributed by atoms with Crippen LogP contribution in [0.5, 0.6) is 0 Å². The third kappa shape index (κ3) is 3.95. The van der Waals surface area contributed by atoms with E-state index in [1.54, 1.807) is 0 Å². The topological polar surface area (TPSA) is 23.6 Å². The fourth-order valence-electron chi connectivity index (χ4n) is 7.29. The highest BCUT2D eigenvalue weighted by Crippen LogP contribution is 2.51. The second-order valence-electron chi connectivity index (χ2n) is 10.9. The largest absolute Gasteiger partial charge is 0.342 e. The third-order valence-electron chi connectivity index (χ3n) is 9.00. The average Bonchev–Trinajstić information content (AvgIpc) is 3.52. The molecule has 5 atom stereocenters. The van der Waals surface area contributed by atoms with E-state index in [9.17, 15) is 4.79 Å². The van der Waals surface area contributed by atoms with Crippen molar-refractivity contribution in [2.45, 2.75) is 77.2 Å². The normalized spacial score (nSPS) is 34.7. The minimum atomic E-state index is 0.331. The van der Waals surface area contributed by atoms with Crippen LogP contribution in [-0.4, -0.2) is 47.9 Å². The molecule has 2 aliphatic carbocycles. The molecule has 1 amide bonds. The van der Waals surface area contributed by atoms with Gasteiger partial charge in [-0.1, -0.05) is 44.0 Å². The minimum absolute atomic E-state index is 0.331. The van der Waals surface area contributed by atoms with E-state index in [0.717, 1.165) is 37.9 Å². The predicted octanol–water partition coefficient (Wildman–Crippen LogP) is 5.10. The number of fused-ring (bicyclic) bond motifs is 1. The van der Waals surface area contributed by atoms with Crippen LogP contribution in [0.1, 0.15) is 75.8 Å². The first-order valence-corrected chi connectivity index (χ1v) is 12.7. The van der Waals surface area contributed by atoms with E-state index in [-0.39, 0.29) is 0 Å². The van der Waals surface area contributed by atoms with E-state index in [1.165, 1.54) is 62.7 Å². The van der Waals surface area contributed by atoms with Gasteiger partial charge in [0.2, 0.25) is 5.91 Å². The summed E-state index contributed by atoms with van der Waals surface area (Å²) < 4.78 is 0. The summed E-state index contributed by atoms with van der Waals surface area (Å²) in [6, 6.07) is 10.3. The van der Waals surface area contributed by atoms with Gasteiger partial charge in [-0.3, -0.25) is 4.79 Å². The molecule has 0 spiro atoms. The molecule has 4 fully saturated rings. The molecule has 5 rings (SSSR count). The lowest BCUT2D eigenvalue weighted by Gasteiger charge is -2.26. The second kappa shape index (κ2) is 8.65. The van der Waals surface area contributed by atoms with E-state index in [4.69, 9.17) is 0 Å². The summed E-state index contributed by atoms with van der Waals surface area (Å²) in [7, 11) is 0. The standard InChI is InChI=1S/C27H40N2O/c1-19-16-24-17-29(27(30)23-7-3-4-8-23)18-25(24)26(19)22-11-9-21(10-12-22)13-15-28-14-5-6-20(28)2/h9-12,19-20,23-26H,3-8,13-18H2,1-2H3. The summed E-state index contributed by atoms with van der Waals surface area (Å²) in [4.78, 5) is 17.9. The number of rotatable bonds is 5. The van der Waals surface area contributed by atoms with Gasteiger partial charge in [0.15, 0.2) is 0 Å². The van der Waals surface area contributed by atoms with Gasteiger partial charge in [0.1, 0.15) is 0 Å². The molecule has 3 heteroatoms. The molecule has 0 N–H and O–H groups in total. The summed E-state index contributed by atoms with van der Waals surface area (Å²) in [6.07, 6.45) is 9.94. The van der Waals surface area contributed by atoms with E-state index in [2.05, 4.69) is 47.9 Å². The smallest absolute Gasteiger partial charge is 0.225 e. The van der Waals surface area contributed by atoms with E-state index < -0.39 is 0 Å². The highest BCUT2D eigenvalue weighted by Gasteiger charge is 2.48. The lowest BCUT2D eigenvalue weighted by molar-refractivity contribution is -0.134. The molecule has 4 aliphatic rings. The van der Waals surface area contributed by atoms with Crippen LogP contribution in [0.25, 0.3) is 0 Å². The van der Waals surface area contributed by atoms with Gasteiger partial charge < -0.3 is 9.80 Å². The first-order valence-electron chi connectivity index (χ1n) is 12.7. The lowest BCUT2D eigenvalue weighted by Crippen LogP contribution is -2.34. The van der Waals surface area contributed by atoms with Crippen LogP contribution in [0.4, 0.5) is 0 Å². The molecule has 164 valence electrons. The first kappa shape index (κ1) is 20.5. The fourth-order valence-corrected chi connectivity index (χ4v) is 7.29. The highest BCUT2D eigenvalue weighted by molar-refractivity contribution is 5.79. The van der Waals surface area contributed by atoms with Crippen molar-refractivity contribution in [2.75, 3.05) is 26.2 Å². The SMILES string of the molecule is CC1CC2CN(C(=O)C3CCCC3)CC2C1c1ccc(CCN2CCCC2C)cc1. The van der Waals surface area contributed by atoms with Crippen molar-refractivity contribution >= 4 is 5.91 Å². The van der Waals surface area contributed by atoms with Crippen LogP contribution in [0, 0.1) is 23.7 Å². The van der Waals surface area contributed by atoms with Crippen molar-refractivity contribution in [3.05, 3.63) is 35.4 Å². The second-order valence-corrected chi connectivity index (χ2v) is 10.9. The fraction of sp³-hybridized carbons (Fsp3) is 0.741. The van der Waals surface area contributed by atoms with Crippen LogP contribution in [0.15, 0.2) is 24.3 Å². The zero-order valence-corrected chi connectivity index (χ0v) is 19.1. The number of carbonyl (C=O) groups excluding carboxylic acids is 1. The Labute approximate surface area is 183 Å². The maximum atomic E-state index is 13.0. The molecule has 3 nitrogen and oxygen atoms in total. The number of hydrogen-bond donors (Lipinski definition) is 0. The van der Waals surface area contributed by atoms with Crippen LogP contribution in [0.2, 0.25) is 0 Å². The Bertz CT molecular complexity index is 738. The van der Waals surface area contributed by atoms with Gasteiger partial charge in [0.25, 0.3) is 0 Å². The van der Waals surface area contributed by atoms with Gasteiger partial charge >= 0.3 is 0 Å². The maximum Gasteiger partial charge on any atom is 0.225 e. The minimum Gasteiger partial charge on any atom is -0.342 e. The van der Waals surface area contributed by atoms with Crippen LogP contribution >= 0.6 is 0 Å². The Kier molecular flexibility index (Phi) is 5.92. The van der Waals surface area contributed by atoms with Gasteiger partial charge in [-0.15, -0.1) is 0 Å². The molecular weight excluding hydrogens is 368 g/mol. The van der Waals surface area contributed by atoms with Gasteiger partial charge in [-0.25, -0.2) is 0 Å². The molecule has 0 bridgehead atoms. The van der Waals surface area contributed by atoms with Crippen molar-refractivity contribution in [1.29, 1.82) is 0 Å². The van der Waals surface area contributed by atoms with Crippen molar-refractivity contribution in [3.8, 4) is 0 Å². The van der Waals surface area contributed by atoms with E-state index >= 15 is 0 Å². The number of nitrogens with zero attached hydrogens (tertiary/aromatic N) is 2. The van der Waals surface area contributed by atoms with Gasteiger partial charge in [0, 0.05) is 31.6 Å². The maximum absolute atomic E-state index is 13.0. The van der Waals surface area contributed by atoms with Crippen LogP contribution < -0.4 is 0 Å². The number of likely N-dealkylation sites (tertiary alicyclic amines) is 2. The summed E-state index contributed by atoms with van der Waals surface area (Å²) >= 11 is 0. The van der Waals surface area contributed by atoms with Crippen LogP contribution in [-0.2, 0) is 11.2 Å².